The van der Waals surface area contributed by atoms with Gasteiger partial charge in [0.2, 0.25) is 17.7 Å². The van der Waals surface area contributed by atoms with E-state index in [1.165, 1.54) is 10.9 Å². The molecule has 30 heavy (non-hydrogen) atoms. The van der Waals surface area contributed by atoms with Crippen LogP contribution in [0.25, 0.3) is 0 Å². The predicted octanol–water partition coefficient (Wildman–Crippen LogP) is 2.51. The van der Waals surface area contributed by atoms with Crippen LogP contribution in [-0.2, 0) is 20.9 Å². The molecule has 0 unspecified atom stereocenters. The Morgan fingerprint density at radius 2 is 1.67 bits per heavy atom. The first-order valence-corrected chi connectivity index (χ1v) is 9.99. The topological polar surface area (TPSA) is 106 Å². The highest BCUT2D eigenvalue weighted by atomic mass is 16.5. The number of anilines is 2. The quantitative estimate of drug-likeness (QED) is 0.587. The standard InChI is InChI=1S/C21H29N5O4/c1-4-25(5-2)21(29)8-6-7-19(27)24-17-13-22-26(14-17)15-20(28)23-16-9-11-18(30-3)12-10-16/h9-14H,4-8,15H2,1-3H3,(H,23,28)(H,24,27). The van der Waals surface area contributed by atoms with E-state index in [0.717, 1.165) is 0 Å². The lowest BCUT2D eigenvalue weighted by Gasteiger charge is -2.18. The van der Waals surface area contributed by atoms with Crippen LogP contribution in [0.2, 0.25) is 0 Å². The molecule has 2 rings (SSSR count). The molecule has 0 fully saturated rings. The molecule has 0 aliphatic heterocycles. The summed E-state index contributed by atoms with van der Waals surface area (Å²) in [6.07, 6.45) is 4.15. The van der Waals surface area contributed by atoms with Gasteiger partial charge in [-0.2, -0.15) is 5.10 Å². The number of amides is 3. The van der Waals surface area contributed by atoms with Crippen LogP contribution >= 0.6 is 0 Å². The van der Waals surface area contributed by atoms with Gasteiger partial charge in [-0.15, -0.1) is 0 Å². The number of aromatic nitrogens is 2. The summed E-state index contributed by atoms with van der Waals surface area (Å²) in [7, 11) is 1.58. The molecule has 162 valence electrons. The highest BCUT2D eigenvalue weighted by molar-refractivity contribution is 5.91. The van der Waals surface area contributed by atoms with Crippen molar-refractivity contribution in [1.29, 1.82) is 0 Å². The average Bonchev–Trinajstić information content (AvgIpc) is 3.15. The van der Waals surface area contributed by atoms with Crippen LogP contribution < -0.4 is 15.4 Å². The van der Waals surface area contributed by atoms with E-state index in [4.69, 9.17) is 4.74 Å². The van der Waals surface area contributed by atoms with E-state index < -0.39 is 0 Å². The maximum Gasteiger partial charge on any atom is 0.246 e. The molecule has 0 radical (unpaired) electrons. The van der Waals surface area contributed by atoms with Crippen LogP contribution in [0.4, 0.5) is 11.4 Å². The molecule has 1 heterocycles. The molecule has 0 bridgehead atoms. The number of carbonyl (C=O) groups is 3. The van der Waals surface area contributed by atoms with E-state index in [9.17, 15) is 14.4 Å². The predicted molar refractivity (Wildman–Crippen MR) is 114 cm³/mol. The van der Waals surface area contributed by atoms with Gasteiger partial charge in [0.25, 0.3) is 0 Å². The average molecular weight is 415 g/mol. The molecule has 2 N–H and O–H groups in total. The number of nitrogens with zero attached hydrogens (tertiary/aromatic N) is 3. The third-order valence-electron chi connectivity index (χ3n) is 4.51. The number of nitrogens with one attached hydrogen (secondary N) is 2. The van der Waals surface area contributed by atoms with Crippen LogP contribution in [0.3, 0.4) is 0 Å². The molecular formula is C21H29N5O4. The van der Waals surface area contributed by atoms with Crippen molar-refractivity contribution < 1.29 is 19.1 Å². The molecule has 0 spiro atoms. The van der Waals surface area contributed by atoms with Crippen molar-refractivity contribution in [2.45, 2.75) is 39.7 Å². The minimum atomic E-state index is -0.240. The van der Waals surface area contributed by atoms with Gasteiger partial charge in [-0.25, -0.2) is 0 Å². The van der Waals surface area contributed by atoms with Gasteiger partial charge >= 0.3 is 0 Å². The minimum absolute atomic E-state index is 0.0142. The molecule has 2 aromatic rings. The molecule has 1 aromatic carbocycles. The summed E-state index contributed by atoms with van der Waals surface area (Å²) >= 11 is 0. The summed E-state index contributed by atoms with van der Waals surface area (Å²) in [6, 6.07) is 7.01. The molecule has 0 atom stereocenters. The van der Waals surface area contributed by atoms with E-state index >= 15 is 0 Å². The number of methoxy groups -OCH3 is 1. The third kappa shape index (κ3) is 7.23. The van der Waals surface area contributed by atoms with Gasteiger partial charge in [0.1, 0.15) is 12.3 Å². The van der Waals surface area contributed by atoms with E-state index in [1.54, 1.807) is 42.5 Å². The van der Waals surface area contributed by atoms with Crippen molar-refractivity contribution in [3.8, 4) is 5.75 Å². The second-order valence-corrected chi connectivity index (χ2v) is 6.67. The second kappa shape index (κ2) is 11.6. The van der Waals surface area contributed by atoms with Crippen molar-refractivity contribution in [1.82, 2.24) is 14.7 Å². The number of carbonyl (C=O) groups excluding carboxylic acids is 3. The fourth-order valence-corrected chi connectivity index (χ4v) is 2.89. The number of benzene rings is 1. The molecule has 0 aliphatic carbocycles. The van der Waals surface area contributed by atoms with Crippen LogP contribution in [0.5, 0.6) is 5.75 Å². The number of hydrogen-bond acceptors (Lipinski definition) is 5. The Labute approximate surface area is 176 Å². The van der Waals surface area contributed by atoms with Gasteiger partial charge in [0.15, 0.2) is 0 Å². The fraction of sp³-hybridized carbons (Fsp3) is 0.429. The molecule has 1 aromatic heterocycles. The smallest absolute Gasteiger partial charge is 0.246 e. The summed E-state index contributed by atoms with van der Waals surface area (Å²) < 4.78 is 6.52. The Kier molecular flexibility index (Phi) is 8.86. The normalized spacial score (nSPS) is 10.4. The largest absolute Gasteiger partial charge is 0.497 e. The zero-order chi connectivity index (χ0) is 21.9. The van der Waals surface area contributed by atoms with Crippen molar-refractivity contribution in [2.24, 2.45) is 0 Å². The van der Waals surface area contributed by atoms with Crippen LogP contribution in [0.1, 0.15) is 33.1 Å². The Balaban J connectivity index is 1.75. The van der Waals surface area contributed by atoms with Gasteiger partial charge in [0, 0.05) is 37.8 Å². The summed E-state index contributed by atoms with van der Waals surface area (Å²) in [4.78, 5) is 37.9. The second-order valence-electron chi connectivity index (χ2n) is 6.67. The zero-order valence-corrected chi connectivity index (χ0v) is 17.7. The highest BCUT2D eigenvalue weighted by Gasteiger charge is 2.11. The summed E-state index contributed by atoms with van der Waals surface area (Å²) in [5, 5.41) is 9.60. The number of ether oxygens (including phenoxy) is 1. The first kappa shape index (κ1) is 22.9. The molecule has 0 saturated heterocycles. The number of hydrogen-bond donors (Lipinski definition) is 2. The lowest BCUT2D eigenvalue weighted by molar-refractivity contribution is -0.131. The SMILES string of the molecule is CCN(CC)C(=O)CCCC(=O)Nc1cnn(CC(=O)Nc2ccc(OC)cc2)c1. The van der Waals surface area contributed by atoms with Gasteiger partial charge in [0.05, 0.1) is 19.0 Å². The molecule has 0 aliphatic rings. The summed E-state index contributed by atoms with van der Waals surface area (Å²) in [5.41, 5.74) is 1.16. The van der Waals surface area contributed by atoms with Crippen LogP contribution in [0, 0.1) is 0 Å². The summed E-state index contributed by atoms with van der Waals surface area (Å²) in [6.45, 7) is 5.23. The van der Waals surface area contributed by atoms with Gasteiger partial charge < -0.3 is 20.3 Å². The Morgan fingerprint density at radius 3 is 2.30 bits per heavy atom. The molecule has 3 amide bonds. The molecular weight excluding hydrogens is 386 g/mol. The van der Waals surface area contributed by atoms with E-state index in [-0.39, 0.29) is 30.7 Å². The first-order chi connectivity index (χ1) is 14.4. The maximum atomic E-state index is 12.2. The lowest BCUT2D eigenvalue weighted by Crippen LogP contribution is -2.30. The Hall–Kier alpha value is -3.36. The van der Waals surface area contributed by atoms with E-state index in [0.29, 0.717) is 43.1 Å². The van der Waals surface area contributed by atoms with Crippen molar-refractivity contribution in [3.05, 3.63) is 36.7 Å². The highest BCUT2D eigenvalue weighted by Crippen LogP contribution is 2.15. The van der Waals surface area contributed by atoms with Crippen LogP contribution in [0.15, 0.2) is 36.7 Å². The number of rotatable bonds is 11. The van der Waals surface area contributed by atoms with E-state index in [2.05, 4.69) is 15.7 Å². The van der Waals surface area contributed by atoms with Gasteiger partial charge in [-0.1, -0.05) is 0 Å². The van der Waals surface area contributed by atoms with Crippen LogP contribution in [-0.4, -0.2) is 52.6 Å². The van der Waals surface area contributed by atoms with Crippen molar-refractivity contribution in [3.63, 3.8) is 0 Å². The Bertz CT molecular complexity index is 843. The third-order valence-corrected chi connectivity index (χ3v) is 4.51. The maximum absolute atomic E-state index is 12.2. The molecule has 9 heteroatoms. The zero-order valence-electron chi connectivity index (χ0n) is 17.7. The van der Waals surface area contributed by atoms with Gasteiger partial charge in [-0.05, 0) is 44.5 Å². The fourth-order valence-electron chi connectivity index (χ4n) is 2.89. The Morgan fingerprint density at radius 1 is 1.00 bits per heavy atom. The lowest BCUT2D eigenvalue weighted by atomic mass is 10.2. The first-order valence-electron chi connectivity index (χ1n) is 9.99. The van der Waals surface area contributed by atoms with Crippen molar-refractivity contribution in [2.75, 3.05) is 30.8 Å². The monoisotopic (exact) mass is 415 g/mol. The minimum Gasteiger partial charge on any atom is -0.497 e. The molecule has 0 saturated carbocycles. The van der Waals surface area contributed by atoms with E-state index in [1.807, 2.05) is 13.8 Å². The van der Waals surface area contributed by atoms with Crippen molar-refractivity contribution >= 4 is 29.1 Å². The molecule has 9 nitrogen and oxygen atoms in total. The summed E-state index contributed by atoms with van der Waals surface area (Å²) in [5.74, 6) is 0.335. The van der Waals surface area contributed by atoms with Gasteiger partial charge in [-0.3, -0.25) is 19.1 Å².